The van der Waals surface area contributed by atoms with Crippen LogP contribution in [0.1, 0.15) is 5.69 Å². The fourth-order valence-corrected chi connectivity index (χ4v) is 0.958. The third kappa shape index (κ3) is 1.46. The molecule has 0 radical (unpaired) electrons. The van der Waals surface area contributed by atoms with E-state index in [-0.39, 0.29) is 6.61 Å². The van der Waals surface area contributed by atoms with Gasteiger partial charge >= 0.3 is 0 Å². The van der Waals surface area contributed by atoms with E-state index in [4.69, 9.17) is 10.8 Å². The van der Waals surface area contributed by atoms with Crippen molar-refractivity contribution in [2.45, 2.75) is 6.61 Å². The molecule has 0 bridgehead atoms. The van der Waals surface area contributed by atoms with E-state index in [1.807, 2.05) is 0 Å². The van der Waals surface area contributed by atoms with Gasteiger partial charge in [-0.3, -0.25) is 0 Å². The van der Waals surface area contributed by atoms with E-state index in [0.29, 0.717) is 16.0 Å². The van der Waals surface area contributed by atoms with Crippen molar-refractivity contribution >= 4 is 21.6 Å². The topological polar surface area (TPSA) is 59.1 Å². The van der Waals surface area contributed by atoms with Gasteiger partial charge in [0, 0.05) is 0 Å². The Morgan fingerprint density at radius 1 is 1.60 bits per heavy atom. The molecule has 4 heteroatoms. The molecule has 0 aromatic carbocycles. The predicted octanol–water partition coefficient (Wildman–Crippen LogP) is 0.919. The van der Waals surface area contributed by atoms with Crippen molar-refractivity contribution in [3.63, 3.8) is 0 Å². The maximum absolute atomic E-state index is 8.68. The monoisotopic (exact) mass is 202 g/mol. The van der Waals surface area contributed by atoms with E-state index >= 15 is 0 Å². The largest absolute Gasteiger partial charge is 0.397 e. The van der Waals surface area contributed by atoms with Gasteiger partial charge < -0.3 is 10.8 Å². The quantitative estimate of drug-likeness (QED) is 0.667. The molecule has 1 aromatic rings. The molecule has 0 aliphatic rings. The number of aliphatic hydroxyl groups excluding tert-OH is 1. The van der Waals surface area contributed by atoms with Crippen molar-refractivity contribution in [3.05, 3.63) is 22.4 Å². The molecule has 0 spiro atoms. The maximum atomic E-state index is 8.68. The first-order valence-corrected chi connectivity index (χ1v) is 3.55. The fourth-order valence-electron chi connectivity index (χ4n) is 0.612. The summed E-state index contributed by atoms with van der Waals surface area (Å²) in [5.41, 5.74) is 6.48. The molecular formula is C6H7BrN2O. The summed E-state index contributed by atoms with van der Waals surface area (Å²) in [6, 6.07) is 3.43. The van der Waals surface area contributed by atoms with Crippen molar-refractivity contribution in [2.75, 3.05) is 5.73 Å². The molecule has 0 aliphatic heterocycles. The molecule has 1 heterocycles. The molecule has 0 amide bonds. The van der Waals surface area contributed by atoms with E-state index in [9.17, 15) is 0 Å². The lowest BCUT2D eigenvalue weighted by atomic mass is 10.3. The number of rotatable bonds is 1. The minimum atomic E-state index is -0.120. The SMILES string of the molecule is Nc1ccc(Br)nc1CO. The molecule has 0 saturated carbocycles. The molecule has 0 atom stereocenters. The normalized spacial score (nSPS) is 9.80. The second-order valence-corrected chi connectivity index (χ2v) is 2.64. The number of nitrogens with zero attached hydrogens (tertiary/aromatic N) is 1. The Hall–Kier alpha value is -0.610. The number of pyridine rings is 1. The van der Waals surface area contributed by atoms with Crippen LogP contribution in [0.4, 0.5) is 5.69 Å². The molecular weight excluding hydrogens is 196 g/mol. The molecule has 0 saturated heterocycles. The van der Waals surface area contributed by atoms with Crippen LogP contribution in [-0.4, -0.2) is 10.1 Å². The molecule has 54 valence electrons. The molecule has 0 fully saturated rings. The second kappa shape index (κ2) is 2.98. The standard InChI is InChI=1S/C6H7BrN2O/c7-6-2-1-4(8)5(3-10)9-6/h1-2,10H,3,8H2. The first-order chi connectivity index (χ1) is 4.74. The third-order valence-electron chi connectivity index (χ3n) is 1.13. The van der Waals surface area contributed by atoms with Crippen LogP contribution in [0.15, 0.2) is 16.7 Å². The van der Waals surface area contributed by atoms with Crippen molar-refractivity contribution < 1.29 is 5.11 Å². The van der Waals surface area contributed by atoms with Gasteiger partial charge in [-0.2, -0.15) is 0 Å². The lowest BCUT2D eigenvalue weighted by Gasteiger charge is -1.99. The van der Waals surface area contributed by atoms with Crippen LogP contribution < -0.4 is 5.73 Å². The van der Waals surface area contributed by atoms with Crippen LogP contribution in [-0.2, 0) is 6.61 Å². The molecule has 1 aromatic heterocycles. The van der Waals surface area contributed by atoms with Crippen molar-refractivity contribution in [1.82, 2.24) is 4.98 Å². The van der Waals surface area contributed by atoms with Crippen LogP contribution in [0.25, 0.3) is 0 Å². The number of aliphatic hydroxyl groups is 1. The summed E-state index contributed by atoms with van der Waals surface area (Å²) >= 11 is 3.16. The van der Waals surface area contributed by atoms with E-state index in [1.165, 1.54) is 0 Å². The highest BCUT2D eigenvalue weighted by atomic mass is 79.9. The highest BCUT2D eigenvalue weighted by Crippen LogP contribution is 2.13. The van der Waals surface area contributed by atoms with Gasteiger partial charge in [-0.05, 0) is 28.1 Å². The lowest BCUT2D eigenvalue weighted by Crippen LogP contribution is -1.97. The summed E-state index contributed by atoms with van der Waals surface area (Å²) in [6.45, 7) is -0.120. The van der Waals surface area contributed by atoms with Gasteiger partial charge in [0.25, 0.3) is 0 Å². The van der Waals surface area contributed by atoms with Crippen LogP contribution in [0.5, 0.6) is 0 Å². The van der Waals surface area contributed by atoms with Gasteiger partial charge in [0.2, 0.25) is 0 Å². The van der Waals surface area contributed by atoms with Crippen LogP contribution in [0, 0.1) is 0 Å². The first kappa shape index (κ1) is 7.50. The maximum Gasteiger partial charge on any atom is 0.106 e. The minimum absolute atomic E-state index is 0.120. The van der Waals surface area contributed by atoms with E-state index < -0.39 is 0 Å². The highest BCUT2D eigenvalue weighted by molar-refractivity contribution is 9.10. The lowest BCUT2D eigenvalue weighted by molar-refractivity contribution is 0.277. The Balaban J connectivity index is 3.09. The van der Waals surface area contributed by atoms with Gasteiger partial charge in [-0.15, -0.1) is 0 Å². The smallest absolute Gasteiger partial charge is 0.106 e. The summed E-state index contributed by atoms with van der Waals surface area (Å²) < 4.78 is 0.686. The van der Waals surface area contributed by atoms with E-state index in [1.54, 1.807) is 12.1 Å². The Morgan fingerprint density at radius 3 is 2.80 bits per heavy atom. The summed E-state index contributed by atoms with van der Waals surface area (Å²) in [5, 5.41) is 8.68. The Kier molecular flexibility index (Phi) is 2.24. The number of nitrogens with two attached hydrogens (primary N) is 1. The fraction of sp³-hybridized carbons (Fsp3) is 0.167. The van der Waals surface area contributed by atoms with E-state index in [2.05, 4.69) is 20.9 Å². The van der Waals surface area contributed by atoms with Crippen molar-refractivity contribution in [3.8, 4) is 0 Å². The van der Waals surface area contributed by atoms with Crippen LogP contribution in [0.3, 0.4) is 0 Å². The summed E-state index contributed by atoms with van der Waals surface area (Å²) in [7, 11) is 0. The third-order valence-corrected chi connectivity index (χ3v) is 1.57. The van der Waals surface area contributed by atoms with Gasteiger partial charge in [-0.1, -0.05) is 0 Å². The molecule has 1 rings (SSSR count). The average Bonchev–Trinajstić information content (AvgIpc) is 1.94. The van der Waals surface area contributed by atoms with Crippen LogP contribution in [0.2, 0.25) is 0 Å². The van der Waals surface area contributed by atoms with Gasteiger partial charge in [0.1, 0.15) is 4.60 Å². The van der Waals surface area contributed by atoms with E-state index in [0.717, 1.165) is 0 Å². The molecule has 10 heavy (non-hydrogen) atoms. The van der Waals surface area contributed by atoms with Crippen LogP contribution >= 0.6 is 15.9 Å². The Bertz CT molecular complexity index is 239. The van der Waals surface area contributed by atoms with Crippen molar-refractivity contribution in [2.24, 2.45) is 0 Å². The van der Waals surface area contributed by atoms with Gasteiger partial charge in [0.05, 0.1) is 18.0 Å². The Morgan fingerprint density at radius 2 is 2.30 bits per heavy atom. The number of nitrogen functional groups attached to an aromatic ring is 1. The molecule has 0 unspecified atom stereocenters. The minimum Gasteiger partial charge on any atom is -0.397 e. The van der Waals surface area contributed by atoms with Gasteiger partial charge in [-0.25, -0.2) is 4.98 Å². The number of hydrogen-bond donors (Lipinski definition) is 2. The molecule has 3 nitrogen and oxygen atoms in total. The Labute approximate surface area is 67.0 Å². The zero-order chi connectivity index (χ0) is 7.56. The number of hydrogen-bond acceptors (Lipinski definition) is 3. The average molecular weight is 203 g/mol. The zero-order valence-corrected chi connectivity index (χ0v) is 6.80. The van der Waals surface area contributed by atoms with Gasteiger partial charge in [0.15, 0.2) is 0 Å². The summed E-state index contributed by atoms with van der Waals surface area (Å²) in [5.74, 6) is 0. The highest BCUT2D eigenvalue weighted by Gasteiger charge is 1.98. The summed E-state index contributed by atoms with van der Waals surface area (Å²) in [4.78, 5) is 3.93. The first-order valence-electron chi connectivity index (χ1n) is 2.76. The zero-order valence-electron chi connectivity index (χ0n) is 5.21. The number of aromatic nitrogens is 1. The molecule has 0 aliphatic carbocycles. The predicted molar refractivity (Wildman–Crippen MR) is 42.3 cm³/mol. The second-order valence-electron chi connectivity index (χ2n) is 1.83. The number of anilines is 1. The number of halogens is 1. The molecule has 3 N–H and O–H groups in total. The van der Waals surface area contributed by atoms with Crippen molar-refractivity contribution in [1.29, 1.82) is 0 Å². The summed E-state index contributed by atoms with van der Waals surface area (Å²) in [6.07, 6.45) is 0.